The van der Waals surface area contributed by atoms with E-state index in [9.17, 15) is 4.79 Å². The number of halogens is 1. The highest BCUT2D eigenvalue weighted by Gasteiger charge is 2.12. The van der Waals surface area contributed by atoms with E-state index in [4.69, 9.17) is 0 Å². The van der Waals surface area contributed by atoms with Crippen molar-refractivity contribution in [1.82, 2.24) is 14.5 Å². The number of nitrogens with zero attached hydrogens (tertiary/aromatic N) is 3. The molecule has 0 N–H and O–H groups in total. The Morgan fingerprint density at radius 1 is 1.26 bits per heavy atom. The number of benzene rings is 1. The van der Waals surface area contributed by atoms with Crippen molar-refractivity contribution in [2.75, 3.05) is 6.26 Å². The van der Waals surface area contributed by atoms with Crippen LogP contribution in [0.1, 0.15) is 5.56 Å². The van der Waals surface area contributed by atoms with Crippen LogP contribution in [0.25, 0.3) is 16.7 Å². The zero-order valence-corrected chi connectivity index (χ0v) is 15.8. The van der Waals surface area contributed by atoms with Crippen molar-refractivity contribution in [1.29, 1.82) is 0 Å². The van der Waals surface area contributed by atoms with E-state index in [0.29, 0.717) is 16.4 Å². The van der Waals surface area contributed by atoms with E-state index in [-0.39, 0.29) is 5.56 Å². The lowest BCUT2D eigenvalue weighted by molar-refractivity contribution is 0.937. The normalized spacial score (nSPS) is 10.3. The van der Waals surface area contributed by atoms with Gasteiger partial charge in [-0.3, -0.25) is 9.36 Å². The van der Waals surface area contributed by atoms with Gasteiger partial charge in [0.05, 0.1) is 11.1 Å². The lowest BCUT2D eigenvalue weighted by Gasteiger charge is -2.11. The summed E-state index contributed by atoms with van der Waals surface area (Å²) in [6.07, 6.45) is 3.64. The van der Waals surface area contributed by atoms with E-state index in [0.717, 1.165) is 11.1 Å². The molecule has 0 fully saturated rings. The predicted molar refractivity (Wildman–Crippen MR) is 105 cm³/mol. The second-order valence-electron chi connectivity index (χ2n) is 4.47. The van der Waals surface area contributed by atoms with E-state index in [1.165, 1.54) is 26.8 Å². The van der Waals surface area contributed by atoms with E-state index in [1.54, 1.807) is 10.8 Å². The highest BCUT2D eigenvalue weighted by Crippen LogP contribution is 2.20. The Hall–Kier alpha value is -1.50. The van der Waals surface area contributed by atoms with Gasteiger partial charge in [-0.15, -0.1) is 0 Å². The lowest BCUT2D eigenvalue weighted by atomic mass is 10.2. The van der Waals surface area contributed by atoms with Crippen LogP contribution in [0.2, 0.25) is 0 Å². The molecule has 3 rings (SSSR count). The molecule has 7 heteroatoms. The highest BCUT2D eigenvalue weighted by atomic mass is 127. The molecule has 0 radical (unpaired) electrons. The largest absolute Gasteiger partial charge is 0.269 e. The number of thioether (sulfide) groups is 1. The summed E-state index contributed by atoms with van der Waals surface area (Å²) in [5, 5.41) is 4.30. The summed E-state index contributed by atoms with van der Waals surface area (Å²) in [5.74, 6) is 3.00. The molecule has 114 valence electrons. The predicted octanol–water partition coefficient (Wildman–Crippen LogP) is 3.89. The lowest BCUT2D eigenvalue weighted by Crippen LogP contribution is -2.19. The second-order valence-corrected chi connectivity index (χ2v) is 6.92. The Kier molecular flexibility index (Phi) is 5.25. The summed E-state index contributed by atoms with van der Waals surface area (Å²) in [6.45, 7) is 0. The first-order valence-corrected chi connectivity index (χ1v) is 11.1. The molecule has 0 aliphatic carbocycles. The quantitative estimate of drug-likeness (QED) is 0.256. The van der Waals surface area contributed by atoms with Crippen molar-refractivity contribution in [2.45, 2.75) is 5.16 Å². The molecule has 2 heterocycles. The van der Waals surface area contributed by atoms with Crippen molar-refractivity contribution in [3.05, 3.63) is 58.5 Å². The molecular weight excluding hydrogens is 441 g/mol. The maximum atomic E-state index is 12.6. The molecule has 0 bridgehead atoms. The van der Waals surface area contributed by atoms with Crippen LogP contribution in [0.5, 0.6) is 0 Å². The number of rotatable bonds is 2. The fourth-order valence-corrected chi connectivity index (χ4v) is 3.01. The summed E-state index contributed by atoms with van der Waals surface area (Å²) in [7, 11) is 1.37. The molecule has 0 saturated heterocycles. The van der Waals surface area contributed by atoms with Crippen molar-refractivity contribution < 1.29 is 0 Å². The van der Waals surface area contributed by atoms with Gasteiger partial charge in [-0.05, 0) is 32.6 Å². The van der Waals surface area contributed by atoms with Gasteiger partial charge in [-0.2, -0.15) is 0 Å². The molecule has 1 aromatic carbocycles. The van der Waals surface area contributed by atoms with Gasteiger partial charge in [0, 0.05) is 39.0 Å². The molecule has 0 saturated carbocycles. The first-order valence-electron chi connectivity index (χ1n) is 6.55. The molecule has 0 amide bonds. The summed E-state index contributed by atoms with van der Waals surface area (Å²) in [5.41, 5.74) is 1.84. The maximum absolute atomic E-state index is 12.6. The molecule has 4 nitrogen and oxygen atoms in total. The molecule has 0 aliphatic heterocycles. The Bertz CT molecular complexity index is 978. The van der Waals surface area contributed by atoms with Gasteiger partial charge in [0.25, 0.3) is 5.56 Å². The van der Waals surface area contributed by atoms with Crippen molar-refractivity contribution in [3.63, 3.8) is 0 Å². The van der Waals surface area contributed by atoms with Gasteiger partial charge in [0.1, 0.15) is 0 Å². The second kappa shape index (κ2) is 7.38. The van der Waals surface area contributed by atoms with Crippen LogP contribution < -0.4 is 5.56 Å². The molecule has 0 aliphatic rings. The molecule has 0 atom stereocenters. The summed E-state index contributed by atoms with van der Waals surface area (Å²) >= 11 is 3.54. The summed E-state index contributed by atoms with van der Waals surface area (Å²) < 4.78 is 1.60. The van der Waals surface area contributed by atoms with E-state index >= 15 is 0 Å². The van der Waals surface area contributed by atoms with Crippen LogP contribution in [0.15, 0.2) is 52.5 Å². The van der Waals surface area contributed by atoms with Gasteiger partial charge >= 0.3 is 0 Å². The van der Waals surface area contributed by atoms with Gasteiger partial charge in [-0.25, -0.2) is 9.97 Å². The summed E-state index contributed by atoms with van der Waals surface area (Å²) in [4.78, 5) is 21.5. The third-order valence-electron chi connectivity index (χ3n) is 3.16. The number of para-hydroxylation sites is 1. The minimum absolute atomic E-state index is 0.155. The Balaban J connectivity index is 2.40. The Morgan fingerprint density at radius 2 is 2.04 bits per heavy atom. The van der Waals surface area contributed by atoms with Crippen LogP contribution in [0.3, 0.4) is 0 Å². The molecular formula is C16H10IN3OS2. The van der Waals surface area contributed by atoms with Gasteiger partial charge < -0.3 is 0 Å². The van der Waals surface area contributed by atoms with E-state index in [1.807, 2.05) is 36.6 Å². The Labute approximate surface area is 153 Å². The molecule has 23 heavy (non-hydrogen) atoms. The van der Waals surface area contributed by atoms with Crippen molar-refractivity contribution >= 4 is 52.9 Å². The fourth-order valence-electron chi connectivity index (χ4n) is 2.19. The van der Waals surface area contributed by atoms with Crippen molar-refractivity contribution in [3.8, 4) is 16.9 Å². The van der Waals surface area contributed by atoms with Gasteiger partial charge in [0.2, 0.25) is 0 Å². The smallest absolute Gasteiger partial charge is 0.258 e. The van der Waals surface area contributed by atoms with E-state index in [2.05, 4.69) is 42.3 Å². The minimum atomic E-state index is -0.155. The van der Waals surface area contributed by atoms with Gasteiger partial charge in [0.15, 0.2) is 10.8 Å². The monoisotopic (exact) mass is 451 g/mol. The third-order valence-corrected chi connectivity index (χ3v) is 4.56. The third kappa shape index (κ3) is 3.39. The molecule has 2 aromatic heterocycles. The summed E-state index contributed by atoms with van der Waals surface area (Å²) in [6, 6.07) is 11.0. The molecule has 0 spiro atoms. The number of fused-ring (bicyclic) bond motifs is 1. The van der Waals surface area contributed by atoms with Crippen LogP contribution >= 0.6 is 41.9 Å². The average Bonchev–Trinajstić information content (AvgIpc) is 2.59. The molecule has 3 aromatic rings. The maximum Gasteiger partial charge on any atom is 0.258 e. The van der Waals surface area contributed by atoms with Crippen LogP contribution in [-0.2, 0) is 0 Å². The SMILES string of the molecule is CSc1ncc2c(C#CSI)cc(=O)n(-c3ccccc3)c2n1. The highest BCUT2D eigenvalue weighted by molar-refractivity contribution is 14.2. The number of pyridine rings is 1. The number of hydrogen-bond donors (Lipinski definition) is 0. The zero-order valence-electron chi connectivity index (χ0n) is 12.0. The fraction of sp³-hybridized carbons (Fsp3) is 0.0625. The van der Waals surface area contributed by atoms with Crippen LogP contribution in [0.4, 0.5) is 0 Å². The first kappa shape index (κ1) is 16.4. The topological polar surface area (TPSA) is 47.8 Å². The van der Waals surface area contributed by atoms with E-state index < -0.39 is 0 Å². The molecule has 0 unspecified atom stereocenters. The van der Waals surface area contributed by atoms with Crippen molar-refractivity contribution in [2.24, 2.45) is 0 Å². The van der Waals surface area contributed by atoms with Crippen LogP contribution in [-0.4, -0.2) is 20.8 Å². The minimum Gasteiger partial charge on any atom is -0.269 e. The number of hydrogen-bond acceptors (Lipinski definition) is 5. The average molecular weight is 451 g/mol. The Morgan fingerprint density at radius 3 is 2.74 bits per heavy atom. The van der Waals surface area contributed by atoms with Crippen LogP contribution in [0, 0.1) is 11.2 Å². The standard InChI is InChI=1S/C16H10IN3OS2/c1-22-16-18-10-13-11(7-8-23-17)9-14(21)20(15(13)19-16)12-5-3-2-4-6-12/h2-6,9-10H,1H3. The number of aromatic nitrogens is 3. The zero-order chi connectivity index (χ0) is 16.2. The first-order chi connectivity index (χ1) is 11.2. The van der Waals surface area contributed by atoms with Gasteiger partial charge in [-0.1, -0.05) is 35.9 Å².